The summed E-state index contributed by atoms with van der Waals surface area (Å²) in [5.74, 6) is 0.700. The number of hydrogen-bond donors (Lipinski definition) is 2. The van der Waals surface area contributed by atoms with Gasteiger partial charge in [0.2, 0.25) is 5.91 Å². The van der Waals surface area contributed by atoms with Gasteiger partial charge in [-0.2, -0.15) is 0 Å². The Bertz CT molecular complexity index is 526. The van der Waals surface area contributed by atoms with Crippen molar-refractivity contribution >= 4 is 40.5 Å². The van der Waals surface area contributed by atoms with Crippen molar-refractivity contribution in [3.8, 4) is 0 Å². The normalized spacial score (nSPS) is 25.1. The van der Waals surface area contributed by atoms with Gasteiger partial charge in [-0.1, -0.05) is 23.2 Å². The van der Waals surface area contributed by atoms with Gasteiger partial charge in [0.25, 0.3) is 0 Å². The van der Waals surface area contributed by atoms with Crippen molar-refractivity contribution in [3.05, 3.63) is 22.2 Å². The third-order valence-corrected chi connectivity index (χ3v) is 4.74. The highest BCUT2D eigenvalue weighted by atomic mass is 35.5. The molecular formula is C14H17Cl2N3O. The Morgan fingerprint density at radius 1 is 1.40 bits per heavy atom. The van der Waals surface area contributed by atoms with Gasteiger partial charge in [0, 0.05) is 17.6 Å². The summed E-state index contributed by atoms with van der Waals surface area (Å²) in [6.07, 6.45) is 3.75. The monoisotopic (exact) mass is 313 g/mol. The number of piperidine rings is 1. The van der Waals surface area contributed by atoms with E-state index in [0.29, 0.717) is 34.0 Å². The lowest BCUT2D eigenvalue weighted by atomic mass is 10.1. The lowest BCUT2D eigenvalue weighted by Gasteiger charge is -2.26. The summed E-state index contributed by atoms with van der Waals surface area (Å²) in [5.41, 5.74) is 6.68. The largest absolute Gasteiger partial charge is 0.397 e. The van der Waals surface area contributed by atoms with Gasteiger partial charge in [-0.25, -0.2) is 0 Å². The number of benzene rings is 1. The summed E-state index contributed by atoms with van der Waals surface area (Å²) in [6, 6.07) is 3.73. The quantitative estimate of drug-likeness (QED) is 0.843. The van der Waals surface area contributed by atoms with E-state index in [1.165, 1.54) is 19.3 Å². The molecule has 2 unspecified atom stereocenters. The molecule has 2 aliphatic rings. The highest BCUT2D eigenvalue weighted by Crippen LogP contribution is 2.37. The van der Waals surface area contributed by atoms with Crippen molar-refractivity contribution in [2.75, 3.05) is 24.1 Å². The maximum absolute atomic E-state index is 12.1. The Balaban J connectivity index is 1.65. The summed E-state index contributed by atoms with van der Waals surface area (Å²) in [4.78, 5) is 14.4. The number of nitrogen functional groups attached to an aromatic ring is 1. The van der Waals surface area contributed by atoms with Crippen molar-refractivity contribution in [2.24, 2.45) is 5.92 Å². The number of carbonyl (C=O) groups excluding carboxylic acids is 1. The number of halogens is 2. The highest BCUT2D eigenvalue weighted by Gasteiger charge is 2.38. The van der Waals surface area contributed by atoms with E-state index in [2.05, 4.69) is 10.2 Å². The number of nitrogens with two attached hydrogens (primary N) is 1. The van der Waals surface area contributed by atoms with Crippen molar-refractivity contribution in [2.45, 2.75) is 25.3 Å². The van der Waals surface area contributed by atoms with Gasteiger partial charge >= 0.3 is 0 Å². The summed E-state index contributed by atoms with van der Waals surface area (Å²) in [6.45, 7) is 1.43. The first kappa shape index (κ1) is 14.0. The number of amides is 1. The molecule has 1 heterocycles. The summed E-state index contributed by atoms with van der Waals surface area (Å²) in [7, 11) is 0. The van der Waals surface area contributed by atoms with E-state index in [0.717, 1.165) is 12.5 Å². The Morgan fingerprint density at radius 3 is 2.80 bits per heavy atom. The molecule has 1 aromatic carbocycles. The van der Waals surface area contributed by atoms with Crippen LogP contribution >= 0.6 is 23.2 Å². The molecular weight excluding hydrogens is 297 g/mol. The van der Waals surface area contributed by atoms with E-state index in [9.17, 15) is 4.79 Å². The minimum absolute atomic E-state index is 0.0755. The van der Waals surface area contributed by atoms with Crippen LogP contribution in [0.1, 0.15) is 19.3 Å². The zero-order chi connectivity index (χ0) is 14.3. The Labute approximate surface area is 128 Å². The zero-order valence-electron chi connectivity index (χ0n) is 11.0. The van der Waals surface area contributed by atoms with Gasteiger partial charge in [-0.05, 0) is 37.3 Å². The molecule has 20 heavy (non-hydrogen) atoms. The maximum Gasteiger partial charge on any atom is 0.238 e. The predicted molar refractivity (Wildman–Crippen MR) is 82.2 cm³/mol. The van der Waals surface area contributed by atoms with Crippen LogP contribution in [-0.4, -0.2) is 29.9 Å². The minimum atomic E-state index is -0.0755. The molecule has 2 fully saturated rings. The number of rotatable bonds is 3. The fourth-order valence-corrected chi connectivity index (χ4v) is 3.87. The molecule has 1 saturated heterocycles. The predicted octanol–water partition coefficient (Wildman–Crippen LogP) is 3.00. The van der Waals surface area contributed by atoms with Gasteiger partial charge in [-0.3, -0.25) is 9.69 Å². The number of fused-ring (bicyclic) bond motifs is 2. The Kier molecular flexibility index (Phi) is 3.80. The van der Waals surface area contributed by atoms with Crippen molar-refractivity contribution in [3.63, 3.8) is 0 Å². The van der Waals surface area contributed by atoms with Crippen LogP contribution in [0.4, 0.5) is 11.4 Å². The number of nitrogens with zero attached hydrogens (tertiary/aromatic N) is 1. The average Bonchev–Trinajstić information content (AvgIpc) is 2.95. The van der Waals surface area contributed by atoms with Gasteiger partial charge in [-0.15, -0.1) is 0 Å². The standard InChI is InChI=1S/C14H17Cl2N3O/c15-9-4-11(16)14(12(17)5-9)18-13(20)7-19-6-8-1-2-10(19)3-8/h4-5,8,10H,1-3,6-7,17H2,(H,18,20). The second kappa shape index (κ2) is 5.43. The first-order valence-corrected chi connectivity index (χ1v) is 7.57. The van der Waals surface area contributed by atoms with E-state index in [4.69, 9.17) is 28.9 Å². The lowest BCUT2D eigenvalue weighted by Crippen LogP contribution is -2.38. The van der Waals surface area contributed by atoms with Gasteiger partial charge < -0.3 is 11.1 Å². The first-order chi connectivity index (χ1) is 9.52. The molecule has 2 atom stereocenters. The highest BCUT2D eigenvalue weighted by molar-refractivity contribution is 6.37. The minimum Gasteiger partial charge on any atom is -0.397 e. The Hall–Kier alpha value is -0.970. The smallest absolute Gasteiger partial charge is 0.238 e. The third kappa shape index (κ3) is 2.73. The molecule has 4 nitrogen and oxygen atoms in total. The number of carbonyl (C=O) groups is 1. The van der Waals surface area contributed by atoms with Crippen LogP contribution in [0.25, 0.3) is 0 Å². The molecule has 3 rings (SSSR count). The average molecular weight is 314 g/mol. The molecule has 6 heteroatoms. The van der Waals surface area contributed by atoms with E-state index < -0.39 is 0 Å². The molecule has 1 saturated carbocycles. The molecule has 108 valence electrons. The van der Waals surface area contributed by atoms with Crippen LogP contribution in [0.5, 0.6) is 0 Å². The number of likely N-dealkylation sites (tertiary alicyclic amines) is 1. The molecule has 0 radical (unpaired) electrons. The van der Waals surface area contributed by atoms with Crippen LogP contribution < -0.4 is 11.1 Å². The van der Waals surface area contributed by atoms with E-state index in [1.807, 2.05) is 0 Å². The second-order valence-electron chi connectivity index (χ2n) is 5.66. The van der Waals surface area contributed by atoms with Crippen LogP contribution in [-0.2, 0) is 4.79 Å². The Morgan fingerprint density at radius 2 is 2.20 bits per heavy atom. The number of hydrogen-bond acceptors (Lipinski definition) is 3. The zero-order valence-corrected chi connectivity index (χ0v) is 12.5. The molecule has 1 aliphatic heterocycles. The van der Waals surface area contributed by atoms with Crippen LogP contribution in [0.2, 0.25) is 10.0 Å². The fraction of sp³-hybridized carbons (Fsp3) is 0.500. The lowest BCUT2D eigenvalue weighted by molar-refractivity contribution is -0.117. The molecule has 1 amide bonds. The molecule has 0 spiro atoms. The number of nitrogens with one attached hydrogen (secondary N) is 1. The number of anilines is 2. The first-order valence-electron chi connectivity index (χ1n) is 6.81. The van der Waals surface area contributed by atoms with E-state index in [1.54, 1.807) is 12.1 Å². The summed E-state index contributed by atoms with van der Waals surface area (Å²) < 4.78 is 0. The van der Waals surface area contributed by atoms with E-state index in [-0.39, 0.29) is 5.91 Å². The van der Waals surface area contributed by atoms with Crippen LogP contribution in [0, 0.1) is 5.92 Å². The van der Waals surface area contributed by atoms with E-state index >= 15 is 0 Å². The molecule has 3 N–H and O–H groups in total. The van der Waals surface area contributed by atoms with Crippen molar-refractivity contribution in [1.82, 2.24) is 4.90 Å². The fourth-order valence-electron chi connectivity index (χ4n) is 3.31. The van der Waals surface area contributed by atoms with Crippen LogP contribution in [0.3, 0.4) is 0 Å². The summed E-state index contributed by atoms with van der Waals surface area (Å²) in [5, 5.41) is 3.62. The van der Waals surface area contributed by atoms with Crippen molar-refractivity contribution < 1.29 is 4.79 Å². The van der Waals surface area contributed by atoms with Crippen LogP contribution in [0.15, 0.2) is 12.1 Å². The molecule has 1 aromatic rings. The topological polar surface area (TPSA) is 58.4 Å². The van der Waals surface area contributed by atoms with Gasteiger partial charge in [0.15, 0.2) is 0 Å². The second-order valence-corrected chi connectivity index (χ2v) is 6.51. The van der Waals surface area contributed by atoms with Gasteiger partial charge in [0.1, 0.15) is 0 Å². The molecule has 2 bridgehead atoms. The summed E-state index contributed by atoms with van der Waals surface area (Å²) >= 11 is 11.9. The van der Waals surface area contributed by atoms with Crippen molar-refractivity contribution in [1.29, 1.82) is 0 Å². The third-order valence-electron chi connectivity index (χ3n) is 4.22. The van der Waals surface area contributed by atoms with Gasteiger partial charge in [0.05, 0.1) is 22.9 Å². The SMILES string of the molecule is Nc1cc(Cl)cc(Cl)c1NC(=O)CN1CC2CCC1C2. The molecule has 1 aliphatic carbocycles. The maximum atomic E-state index is 12.1. The molecule has 0 aromatic heterocycles.